The van der Waals surface area contributed by atoms with Crippen LogP contribution in [-0.2, 0) is 13.1 Å². The fourth-order valence-corrected chi connectivity index (χ4v) is 2.88. The highest BCUT2D eigenvalue weighted by atomic mass is 32.1. The van der Waals surface area contributed by atoms with Gasteiger partial charge in [0.15, 0.2) is 0 Å². The van der Waals surface area contributed by atoms with Crippen LogP contribution in [0.1, 0.15) is 23.9 Å². The molecule has 1 heterocycles. The lowest BCUT2D eigenvalue weighted by Gasteiger charge is -2.16. The summed E-state index contributed by atoms with van der Waals surface area (Å²) >= 11 is 1.62. The van der Waals surface area contributed by atoms with E-state index in [1.807, 2.05) is 18.2 Å². The third-order valence-corrected chi connectivity index (χ3v) is 3.90. The standard InChI is InChI=1S/C15H22N4OS/c1-4-9-16-15-18-17-14(21-15)11-19(2)10-12-7-5-6-8-13(12)20-3/h5-8H,4,9-11H2,1-3H3,(H,16,18). The monoisotopic (exact) mass is 306 g/mol. The molecular formula is C15H22N4OS. The zero-order valence-corrected chi connectivity index (χ0v) is 13.6. The highest BCUT2D eigenvalue weighted by molar-refractivity contribution is 7.15. The van der Waals surface area contributed by atoms with E-state index in [2.05, 4.69) is 40.5 Å². The summed E-state index contributed by atoms with van der Waals surface area (Å²) in [7, 11) is 3.78. The van der Waals surface area contributed by atoms with E-state index in [-0.39, 0.29) is 0 Å². The maximum Gasteiger partial charge on any atom is 0.205 e. The fraction of sp³-hybridized carbons (Fsp3) is 0.467. The van der Waals surface area contributed by atoms with E-state index in [1.54, 1.807) is 18.4 Å². The lowest BCUT2D eigenvalue weighted by Crippen LogP contribution is -2.17. The molecule has 0 unspecified atom stereocenters. The van der Waals surface area contributed by atoms with Crippen LogP contribution in [0, 0.1) is 0 Å². The van der Waals surface area contributed by atoms with E-state index in [1.165, 1.54) is 5.56 Å². The summed E-state index contributed by atoms with van der Waals surface area (Å²) in [4.78, 5) is 2.21. The number of rotatable bonds is 8. The van der Waals surface area contributed by atoms with Crippen molar-refractivity contribution in [1.29, 1.82) is 0 Å². The molecule has 1 aromatic carbocycles. The van der Waals surface area contributed by atoms with Crippen molar-refractivity contribution in [2.24, 2.45) is 0 Å². The molecule has 0 fully saturated rings. The molecule has 114 valence electrons. The van der Waals surface area contributed by atoms with Gasteiger partial charge in [-0.1, -0.05) is 36.5 Å². The van der Waals surface area contributed by atoms with Crippen molar-refractivity contribution in [3.8, 4) is 5.75 Å². The van der Waals surface area contributed by atoms with Gasteiger partial charge in [-0.25, -0.2) is 0 Å². The van der Waals surface area contributed by atoms with Gasteiger partial charge in [-0.05, 0) is 19.5 Å². The topological polar surface area (TPSA) is 50.3 Å². The molecule has 0 amide bonds. The average Bonchev–Trinajstić information content (AvgIpc) is 2.93. The van der Waals surface area contributed by atoms with E-state index < -0.39 is 0 Å². The maximum absolute atomic E-state index is 5.38. The Hall–Kier alpha value is -1.66. The predicted octanol–water partition coefficient (Wildman–Crippen LogP) is 3.00. The van der Waals surface area contributed by atoms with Crippen molar-refractivity contribution in [1.82, 2.24) is 15.1 Å². The second-order valence-corrected chi connectivity index (χ2v) is 5.97. The van der Waals surface area contributed by atoms with Gasteiger partial charge >= 0.3 is 0 Å². The van der Waals surface area contributed by atoms with Crippen LogP contribution in [0.25, 0.3) is 0 Å². The minimum Gasteiger partial charge on any atom is -0.496 e. The first kappa shape index (κ1) is 15.7. The molecule has 21 heavy (non-hydrogen) atoms. The molecule has 0 saturated heterocycles. The number of hydrogen-bond donors (Lipinski definition) is 1. The lowest BCUT2D eigenvalue weighted by atomic mass is 10.2. The first-order valence-corrected chi connectivity index (χ1v) is 7.91. The molecule has 0 aliphatic carbocycles. The molecule has 0 saturated carbocycles. The Balaban J connectivity index is 1.92. The highest BCUT2D eigenvalue weighted by Gasteiger charge is 2.09. The van der Waals surface area contributed by atoms with E-state index in [4.69, 9.17) is 4.74 Å². The molecule has 0 radical (unpaired) electrons. The van der Waals surface area contributed by atoms with Crippen molar-refractivity contribution in [2.75, 3.05) is 26.0 Å². The van der Waals surface area contributed by atoms with Crippen molar-refractivity contribution in [3.63, 3.8) is 0 Å². The quantitative estimate of drug-likeness (QED) is 0.812. The van der Waals surface area contributed by atoms with Gasteiger partial charge in [0, 0.05) is 18.7 Å². The van der Waals surface area contributed by atoms with Gasteiger partial charge in [-0.15, -0.1) is 10.2 Å². The van der Waals surface area contributed by atoms with Crippen LogP contribution in [0.2, 0.25) is 0 Å². The Morgan fingerprint density at radius 2 is 2.05 bits per heavy atom. The Bertz CT molecular complexity index is 558. The molecule has 1 aromatic heterocycles. The minimum absolute atomic E-state index is 0.781. The molecule has 2 aromatic rings. The van der Waals surface area contributed by atoms with E-state index in [9.17, 15) is 0 Å². The Morgan fingerprint density at radius 3 is 2.81 bits per heavy atom. The Kier molecular flexibility index (Phi) is 5.95. The highest BCUT2D eigenvalue weighted by Crippen LogP contribution is 2.21. The summed E-state index contributed by atoms with van der Waals surface area (Å²) in [6, 6.07) is 8.09. The second-order valence-electron chi connectivity index (χ2n) is 4.91. The van der Waals surface area contributed by atoms with Gasteiger partial charge in [-0.2, -0.15) is 0 Å². The molecule has 0 aliphatic heterocycles. The number of para-hydroxylation sites is 1. The van der Waals surface area contributed by atoms with Crippen molar-refractivity contribution >= 4 is 16.5 Å². The number of anilines is 1. The number of benzene rings is 1. The van der Waals surface area contributed by atoms with Gasteiger partial charge in [0.25, 0.3) is 0 Å². The zero-order valence-electron chi connectivity index (χ0n) is 12.8. The third-order valence-electron chi connectivity index (χ3n) is 3.03. The van der Waals surface area contributed by atoms with E-state index in [0.717, 1.165) is 41.9 Å². The largest absolute Gasteiger partial charge is 0.496 e. The number of aromatic nitrogens is 2. The molecule has 0 atom stereocenters. The van der Waals surface area contributed by atoms with E-state index >= 15 is 0 Å². The van der Waals surface area contributed by atoms with Gasteiger partial charge in [0.1, 0.15) is 10.8 Å². The predicted molar refractivity (Wildman–Crippen MR) is 86.9 cm³/mol. The number of nitrogens with zero attached hydrogens (tertiary/aromatic N) is 3. The maximum atomic E-state index is 5.38. The van der Waals surface area contributed by atoms with Crippen LogP contribution in [-0.4, -0.2) is 35.8 Å². The lowest BCUT2D eigenvalue weighted by molar-refractivity contribution is 0.309. The van der Waals surface area contributed by atoms with Gasteiger partial charge in [0.2, 0.25) is 5.13 Å². The molecule has 0 aliphatic rings. The average molecular weight is 306 g/mol. The molecule has 5 nitrogen and oxygen atoms in total. The van der Waals surface area contributed by atoms with Gasteiger partial charge in [-0.3, -0.25) is 4.90 Å². The van der Waals surface area contributed by atoms with Crippen LogP contribution >= 0.6 is 11.3 Å². The van der Waals surface area contributed by atoms with Crippen LogP contribution in [0.15, 0.2) is 24.3 Å². The first-order valence-electron chi connectivity index (χ1n) is 7.09. The number of nitrogens with one attached hydrogen (secondary N) is 1. The summed E-state index contributed by atoms with van der Waals surface area (Å²) in [6.45, 7) is 4.67. The van der Waals surface area contributed by atoms with Crippen molar-refractivity contribution in [2.45, 2.75) is 26.4 Å². The third kappa shape index (κ3) is 4.68. The summed E-state index contributed by atoms with van der Waals surface area (Å²) in [5, 5.41) is 13.6. The van der Waals surface area contributed by atoms with E-state index in [0.29, 0.717) is 0 Å². The van der Waals surface area contributed by atoms with Crippen LogP contribution in [0.3, 0.4) is 0 Å². The number of methoxy groups -OCH3 is 1. The van der Waals surface area contributed by atoms with Crippen LogP contribution in [0.5, 0.6) is 5.75 Å². The second kappa shape index (κ2) is 7.95. The smallest absolute Gasteiger partial charge is 0.205 e. The van der Waals surface area contributed by atoms with Crippen molar-refractivity contribution < 1.29 is 4.74 Å². The number of ether oxygens (including phenoxy) is 1. The zero-order chi connectivity index (χ0) is 15.1. The minimum atomic E-state index is 0.781. The summed E-state index contributed by atoms with van der Waals surface area (Å²) in [5.41, 5.74) is 1.18. The molecule has 1 N–H and O–H groups in total. The molecular weight excluding hydrogens is 284 g/mol. The molecule has 0 bridgehead atoms. The van der Waals surface area contributed by atoms with Gasteiger partial charge in [0.05, 0.1) is 13.7 Å². The fourth-order valence-electron chi connectivity index (χ4n) is 2.03. The Morgan fingerprint density at radius 1 is 1.24 bits per heavy atom. The summed E-state index contributed by atoms with van der Waals surface area (Å²) < 4.78 is 5.38. The Labute approximate surface area is 130 Å². The molecule has 0 spiro atoms. The normalized spacial score (nSPS) is 10.9. The molecule has 6 heteroatoms. The first-order chi connectivity index (χ1) is 10.2. The van der Waals surface area contributed by atoms with Crippen LogP contribution in [0.4, 0.5) is 5.13 Å². The van der Waals surface area contributed by atoms with Crippen molar-refractivity contribution in [3.05, 3.63) is 34.8 Å². The summed E-state index contributed by atoms with van der Waals surface area (Å²) in [5.74, 6) is 0.923. The van der Waals surface area contributed by atoms with Gasteiger partial charge < -0.3 is 10.1 Å². The summed E-state index contributed by atoms with van der Waals surface area (Å²) in [6.07, 6.45) is 1.09. The number of hydrogen-bond acceptors (Lipinski definition) is 6. The van der Waals surface area contributed by atoms with Crippen LogP contribution < -0.4 is 10.1 Å². The molecule has 2 rings (SSSR count). The SMILES string of the molecule is CCCNc1nnc(CN(C)Cc2ccccc2OC)s1.